The molecule has 234 valence electrons. The lowest BCUT2D eigenvalue weighted by Gasteiger charge is -2.38. The van der Waals surface area contributed by atoms with Crippen molar-refractivity contribution < 1.29 is 29.0 Å². The molecule has 9 nitrogen and oxygen atoms in total. The summed E-state index contributed by atoms with van der Waals surface area (Å²) >= 11 is 0. The number of hydrogen-bond acceptors (Lipinski definition) is 6. The van der Waals surface area contributed by atoms with Crippen LogP contribution in [0.15, 0.2) is 48.6 Å². The van der Waals surface area contributed by atoms with Crippen molar-refractivity contribution >= 4 is 23.4 Å². The lowest BCUT2D eigenvalue weighted by molar-refractivity contribution is -0.152. The molecule has 0 radical (unpaired) electrons. The molecule has 2 fully saturated rings. The van der Waals surface area contributed by atoms with E-state index in [0.29, 0.717) is 52.0 Å². The van der Waals surface area contributed by atoms with Crippen LogP contribution in [0.25, 0.3) is 0 Å². The van der Waals surface area contributed by atoms with Crippen molar-refractivity contribution in [2.75, 3.05) is 44.3 Å². The molecule has 1 N–H and O–H groups in total. The molecule has 4 heterocycles. The van der Waals surface area contributed by atoms with E-state index in [2.05, 4.69) is 6.92 Å². The quantitative estimate of drug-likeness (QED) is 0.273. The largest absolute Gasteiger partial charge is 0.494 e. The summed E-state index contributed by atoms with van der Waals surface area (Å²) in [4.78, 5) is 48.8. The number of hydrogen-bond donors (Lipinski definition) is 1. The van der Waals surface area contributed by atoms with E-state index < -0.39 is 29.1 Å². The van der Waals surface area contributed by atoms with Crippen LogP contribution in [0.2, 0.25) is 0 Å². The van der Waals surface area contributed by atoms with Crippen LogP contribution < -0.4 is 9.64 Å². The summed E-state index contributed by atoms with van der Waals surface area (Å²) in [5.41, 5.74) is -1.53. The molecule has 1 unspecified atom stereocenters. The number of rotatable bonds is 13. The summed E-state index contributed by atoms with van der Waals surface area (Å²) in [7, 11) is 0. The maximum atomic E-state index is 14.6. The third-order valence-electron chi connectivity index (χ3n) is 9.57. The highest BCUT2D eigenvalue weighted by Gasteiger charge is 2.75. The zero-order chi connectivity index (χ0) is 30.6. The predicted molar refractivity (Wildman–Crippen MR) is 165 cm³/mol. The number of likely N-dealkylation sites (tertiary alicyclic amines) is 1. The second-order valence-corrected chi connectivity index (χ2v) is 12.1. The molecule has 2 saturated heterocycles. The number of nitrogens with zero attached hydrogens (tertiary/aromatic N) is 3. The summed E-state index contributed by atoms with van der Waals surface area (Å²) in [5.74, 6) is -1.36. The Bertz CT molecular complexity index is 1230. The van der Waals surface area contributed by atoms with Gasteiger partial charge >= 0.3 is 0 Å². The molecule has 43 heavy (non-hydrogen) atoms. The smallest absolute Gasteiger partial charge is 0.249 e. The van der Waals surface area contributed by atoms with Crippen LogP contribution in [0.5, 0.6) is 5.75 Å². The lowest BCUT2D eigenvalue weighted by atomic mass is 9.73. The SMILES string of the molecule is CCCCCN1CC=C[C@]23O[C@@]4(CC)C=CCN(c5ccc(OCC)cc5)C(=O)[C@H]4[C@H]2C(=O)N(CCCCCO)C3C1=O. The zero-order valence-corrected chi connectivity index (χ0v) is 25.9. The van der Waals surface area contributed by atoms with E-state index >= 15 is 0 Å². The van der Waals surface area contributed by atoms with Crippen molar-refractivity contribution in [1.82, 2.24) is 9.80 Å². The van der Waals surface area contributed by atoms with E-state index in [1.807, 2.05) is 67.3 Å². The number of carbonyl (C=O) groups is 3. The second kappa shape index (κ2) is 13.2. The van der Waals surface area contributed by atoms with E-state index in [1.165, 1.54) is 0 Å². The standard InChI is InChI=1S/C34H47N3O6/c1-4-7-9-20-35-21-13-19-34-28(31(40)37(29(34)32(35)41)22-10-8-11-24-38)27-30(39)36(23-12-18-33(27,5-2)43-34)25-14-16-26(17-15-25)42-6-3/h12-19,27-29,38H,4-11,20-24H2,1-3H3/t27-,28+,29?,33+,34+/m1/s1. The molecule has 9 heteroatoms. The summed E-state index contributed by atoms with van der Waals surface area (Å²) in [6.45, 7) is 8.50. The lowest BCUT2D eigenvalue weighted by Crippen LogP contribution is -2.56. The summed E-state index contributed by atoms with van der Waals surface area (Å²) in [6, 6.07) is 6.61. The van der Waals surface area contributed by atoms with Gasteiger partial charge in [-0.25, -0.2) is 0 Å². The van der Waals surface area contributed by atoms with Gasteiger partial charge in [-0.15, -0.1) is 0 Å². The molecular weight excluding hydrogens is 546 g/mol. The molecular formula is C34H47N3O6. The van der Waals surface area contributed by atoms with Gasteiger partial charge in [0.15, 0.2) is 0 Å². The van der Waals surface area contributed by atoms with Crippen molar-refractivity contribution in [1.29, 1.82) is 0 Å². The number of benzene rings is 1. The Balaban J connectivity index is 1.55. The second-order valence-electron chi connectivity index (χ2n) is 12.1. The average Bonchev–Trinajstić information content (AvgIpc) is 3.30. The summed E-state index contributed by atoms with van der Waals surface area (Å²) in [6.07, 6.45) is 13.3. The predicted octanol–water partition coefficient (Wildman–Crippen LogP) is 4.10. The number of unbranched alkanes of at least 4 members (excludes halogenated alkanes) is 4. The Morgan fingerprint density at radius 2 is 1.60 bits per heavy atom. The molecule has 4 aliphatic heterocycles. The van der Waals surface area contributed by atoms with Crippen molar-refractivity contribution in [2.45, 2.75) is 83.0 Å². The molecule has 0 aromatic heterocycles. The van der Waals surface area contributed by atoms with Gasteiger partial charge in [0.25, 0.3) is 0 Å². The fourth-order valence-electron chi connectivity index (χ4n) is 7.49. The Labute approximate surface area is 255 Å². The van der Waals surface area contributed by atoms with Crippen molar-refractivity contribution in [3.8, 4) is 5.75 Å². The minimum atomic E-state index is -1.24. The van der Waals surface area contributed by atoms with Gasteiger partial charge in [0, 0.05) is 38.5 Å². The number of ether oxygens (including phenoxy) is 2. The maximum Gasteiger partial charge on any atom is 0.249 e. The van der Waals surface area contributed by atoms with E-state index in [4.69, 9.17) is 9.47 Å². The molecule has 0 aliphatic carbocycles. The van der Waals surface area contributed by atoms with Crippen LogP contribution in [0.3, 0.4) is 0 Å². The molecule has 4 aliphatic rings. The van der Waals surface area contributed by atoms with Crippen LogP contribution >= 0.6 is 0 Å². The molecule has 0 bridgehead atoms. The van der Waals surface area contributed by atoms with Gasteiger partial charge in [-0.3, -0.25) is 14.4 Å². The maximum absolute atomic E-state index is 14.6. The highest BCUT2D eigenvalue weighted by Crippen LogP contribution is 2.58. The average molecular weight is 594 g/mol. The number of aliphatic hydroxyl groups excluding tert-OH is 1. The minimum Gasteiger partial charge on any atom is -0.494 e. The first-order chi connectivity index (χ1) is 20.9. The van der Waals surface area contributed by atoms with Gasteiger partial charge in [-0.05, 0) is 63.3 Å². The van der Waals surface area contributed by atoms with E-state index in [9.17, 15) is 19.5 Å². The first kappa shape index (κ1) is 31.3. The van der Waals surface area contributed by atoms with E-state index in [-0.39, 0.29) is 24.3 Å². The van der Waals surface area contributed by atoms with Crippen LogP contribution in [-0.4, -0.2) is 89.3 Å². The topological polar surface area (TPSA) is 99.6 Å². The third-order valence-corrected chi connectivity index (χ3v) is 9.57. The van der Waals surface area contributed by atoms with Crippen LogP contribution in [0.1, 0.15) is 65.7 Å². The molecule has 1 aromatic rings. The number of amides is 3. The number of fused-ring (bicyclic) bond motifs is 2. The van der Waals surface area contributed by atoms with Gasteiger partial charge in [-0.2, -0.15) is 0 Å². The van der Waals surface area contributed by atoms with Crippen LogP contribution in [0, 0.1) is 11.8 Å². The first-order valence-electron chi connectivity index (χ1n) is 16.2. The van der Waals surface area contributed by atoms with E-state index in [1.54, 1.807) is 9.80 Å². The van der Waals surface area contributed by atoms with Crippen molar-refractivity contribution in [2.24, 2.45) is 11.8 Å². The van der Waals surface area contributed by atoms with Gasteiger partial charge in [0.1, 0.15) is 17.4 Å². The Morgan fingerprint density at radius 1 is 0.860 bits per heavy atom. The number of anilines is 1. The summed E-state index contributed by atoms with van der Waals surface area (Å²) in [5, 5.41) is 9.32. The van der Waals surface area contributed by atoms with Gasteiger partial charge in [0.05, 0.1) is 24.0 Å². The van der Waals surface area contributed by atoms with Gasteiger partial charge < -0.3 is 29.3 Å². The highest BCUT2D eigenvalue weighted by atomic mass is 16.5. The first-order valence-corrected chi connectivity index (χ1v) is 16.2. The molecule has 5 atom stereocenters. The zero-order valence-electron chi connectivity index (χ0n) is 25.9. The molecule has 1 spiro atoms. The fraction of sp³-hybridized carbons (Fsp3) is 0.618. The Hall–Kier alpha value is -3.17. The monoisotopic (exact) mass is 593 g/mol. The number of carbonyl (C=O) groups excluding carboxylic acids is 3. The molecule has 0 saturated carbocycles. The third kappa shape index (κ3) is 5.50. The van der Waals surface area contributed by atoms with Gasteiger partial charge in [0.2, 0.25) is 17.7 Å². The minimum absolute atomic E-state index is 0.0865. The summed E-state index contributed by atoms with van der Waals surface area (Å²) < 4.78 is 12.7. The fourth-order valence-corrected chi connectivity index (χ4v) is 7.49. The number of aliphatic hydroxyl groups is 1. The van der Waals surface area contributed by atoms with E-state index in [0.717, 1.165) is 37.1 Å². The highest BCUT2D eigenvalue weighted by molar-refractivity contribution is 6.04. The van der Waals surface area contributed by atoms with Crippen LogP contribution in [-0.2, 0) is 19.1 Å². The Morgan fingerprint density at radius 3 is 2.30 bits per heavy atom. The normalized spacial score (nSPS) is 29.9. The van der Waals surface area contributed by atoms with Gasteiger partial charge in [-0.1, -0.05) is 51.0 Å². The molecule has 1 aromatic carbocycles. The molecule has 5 rings (SSSR count). The van der Waals surface area contributed by atoms with Crippen LogP contribution in [0.4, 0.5) is 5.69 Å². The Kier molecular flexibility index (Phi) is 9.61. The van der Waals surface area contributed by atoms with Crippen molar-refractivity contribution in [3.63, 3.8) is 0 Å². The van der Waals surface area contributed by atoms with Crippen molar-refractivity contribution in [3.05, 3.63) is 48.6 Å². The molecule has 3 amide bonds.